The second kappa shape index (κ2) is 4.70. The molecular weight excluding hydrogens is 212 g/mol. The maximum atomic E-state index is 11.9. The minimum absolute atomic E-state index is 0.0382. The zero-order chi connectivity index (χ0) is 12.4. The molecular formula is C14H18N2O. The fourth-order valence-corrected chi connectivity index (χ4v) is 1.93. The normalized spacial score (nSPS) is 11.3. The van der Waals surface area contributed by atoms with E-state index in [1.165, 1.54) is 0 Å². The fourth-order valence-electron chi connectivity index (χ4n) is 1.93. The molecule has 90 valence electrons. The van der Waals surface area contributed by atoms with Crippen LogP contribution in [0.4, 0.5) is 0 Å². The lowest BCUT2D eigenvalue weighted by Gasteiger charge is -2.11. The van der Waals surface area contributed by atoms with Gasteiger partial charge in [0, 0.05) is 24.2 Å². The molecule has 3 heteroatoms. The highest BCUT2D eigenvalue weighted by atomic mass is 16.1. The maximum Gasteiger partial charge on any atom is 0.252 e. The predicted octanol–water partition coefficient (Wildman–Crippen LogP) is 2.75. The molecule has 0 aromatic carbocycles. The summed E-state index contributed by atoms with van der Waals surface area (Å²) < 4.78 is 1.78. The molecule has 0 aliphatic carbocycles. The molecule has 0 atom stereocenters. The van der Waals surface area contributed by atoms with Crippen LogP contribution in [-0.2, 0) is 6.54 Å². The average Bonchev–Trinajstić information content (AvgIpc) is 2.27. The summed E-state index contributed by atoms with van der Waals surface area (Å²) in [5.41, 5.74) is 2.00. The van der Waals surface area contributed by atoms with E-state index in [4.69, 9.17) is 0 Å². The highest BCUT2D eigenvalue weighted by Gasteiger charge is 2.06. The van der Waals surface area contributed by atoms with Crippen molar-refractivity contribution >= 4 is 11.0 Å². The highest BCUT2D eigenvalue weighted by Crippen LogP contribution is 2.14. The van der Waals surface area contributed by atoms with Crippen LogP contribution in [0, 0.1) is 12.8 Å². The van der Waals surface area contributed by atoms with Crippen molar-refractivity contribution in [2.45, 2.75) is 33.7 Å². The number of hydrogen-bond donors (Lipinski definition) is 0. The lowest BCUT2D eigenvalue weighted by molar-refractivity contribution is 0.515. The van der Waals surface area contributed by atoms with Gasteiger partial charge in [-0.15, -0.1) is 0 Å². The van der Waals surface area contributed by atoms with Crippen LogP contribution in [0.2, 0.25) is 0 Å². The van der Waals surface area contributed by atoms with E-state index in [2.05, 4.69) is 18.8 Å². The molecule has 0 amide bonds. The van der Waals surface area contributed by atoms with Crippen molar-refractivity contribution in [3.8, 4) is 0 Å². The molecule has 17 heavy (non-hydrogen) atoms. The largest absolute Gasteiger partial charge is 0.293 e. The Morgan fingerprint density at radius 3 is 2.76 bits per heavy atom. The first-order valence-corrected chi connectivity index (χ1v) is 6.05. The van der Waals surface area contributed by atoms with Crippen LogP contribution in [0.3, 0.4) is 0 Å². The van der Waals surface area contributed by atoms with Gasteiger partial charge in [0.25, 0.3) is 5.56 Å². The van der Waals surface area contributed by atoms with E-state index >= 15 is 0 Å². The number of rotatable bonds is 3. The molecule has 0 bridgehead atoms. The van der Waals surface area contributed by atoms with E-state index in [9.17, 15) is 4.79 Å². The van der Waals surface area contributed by atoms with E-state index in [0.29, 0.717) is 5.92 Å². The highest BCUT2D eigenvalue weighted by molar-refractivity contribution is 5.78. The van der Waals surface area contributed by atoms with Crippen LogP contribution >= 0.6 is 0 Å². The number of fused-ring (bicyclic) bond motifs is 1. The first kappa shape index (κ1) is 11.8. The maximum absolute atomic E-state index is 11.9. The van der Waals surface area contributed by atoms with Gasteiger partial charge in [0.05, 0.1) is 0 Å². The third kappa shape index (κ3) is 2.38. The smallest absolute Gasteiger partial charge is 0.252 e. The van der Waals surface area contributed by atoms with Gasteiger partial charge in [-0.25, -0.2) is 4.98 Å². The monoisotopic (exact) mass is 230 g/mol. The summed E-state index contributed by atoms with van der Waals surface area (Å²) in [6.45, 7) is 7.11. The third-order valence-electron chi connectivity index (χ3n) is 3.03. The standard InChI is InChI=1S/C14H18N2O/c1-10(2)7-9-16-13(17)5-4-12-11(3)6-8-15-14(12)16/h4-6,8,10H,7,9H2,1-3H3. The van der Waals surface area contributed by atoms with Gasteiger partial charge < -0.3 is 0 Å². The van der Waals surface area contributed by atoms with Crippen molar-refractivity contribution in [2.24, 2.45) is 5.92 Å². The zero-order valence-electron chi connectivity index (χ0n) is 10.6. The molecule has 0 saturated heterocycles. The number of aromatic nitrogens is 2. The summed E-state index contributed by atoms with van der Waals surface area (Å²) in [5.74, 6) is 0.585. The summed E-state index contributed by atoms with van der Waals surface area (Å²) in [6.07, 6.45) is 2.76. The fraction of sp³-hybridized carbons (Fsp3) is 0.429. The molecule has 0 spiro atoms. The molecule has 2 heterocycles. The molecule has 0 saturated carbocycles. The second-order valence-electron chi connectivity index (χ2n) is 4.87. The van der Waals surface area contributed by atoms with Gasteiger partial charge >= 0.3 is 0 Å². The topological polar surface area (TPSA) is 34.9 Å². The molecule has 0 aliphatic rings. The third-order valence-corrected chi connectivity index (χ3v) is 3.03. The van der Waals surface area contributed by atoms with Crippen LogP contribution in [0.25, 0.3) is 11.0 Å². The number of aryl methyl sites for hydroxylation is 2. The lowest BCUT2D eigenvalue weighted by atomic mass is 10.1. The number of pyridine rings is 2. The summed E-state index contributed by atoms with van der Waals surface area (Å²) in [5, 5.41) is 1.07. The van der Waals surface area contributed by atoms with Gasteiger partial charge in [0.2, 0.25) is 0 Å². The van der Waals surface area contributed by atoms with Gasteiger partial charge in [-0.05, 0) is 37.0 Å². The Kier molecular flexibility index (Phi) is 3.27. The van der Waals surface area contributed by atoms with Crippen LogP contribution in [0.5, 0.6) is 0 Å². The molecule has 0 fully saturated rings. The average molecular weight is 230 g/mol. The van der Waals surface area contributed by atoms with Crippen molar-refractivity contribution in [3.05, 3.63) is 40.3 Å². The Balaban J connectivity index is 2.56. The minimum Gasteiger partial charge on any atom is -0.293 e. The van der Waals surface area contributed by atoms with Crippen molar-refractivity contribution in [1.82, 2.24) is 9.55 Å². The number of nitrogens with zero attached hydrogens (tertiary/aromatic N) is 2. The van der Waals surface area contributed by atoms with E-state index in [-0.39, 0.29) is 5.56 Å². The van der Waals surface area contributed by atoms with E-state index < -0.39 is 0 Å². The van der Waals surface area contributed by atoms with E-state index in [1.807, 2.05) is 19.1 Å². The summed E-state index contributed by atoms with van der Waals surface area (Å²) in [6, 6.07) is 5.48. The van der Waals surface area contributed by atoms with Crippen LogP contribution < -0.4 is 5.56 Å². The second-order valence-corrected chi connectivity index (χ2v) is 4.87. The molecule has 0 radical (unpaired) electrons. The molecule has 0 N–H and O–H groups in total. The van der Waals surface area contributed by atoms with E-state index in [0.717, 1.165) is 29.6 Å². The van der Waals surface area contributed by atoms with Crippen molar-refractivity contribution in [3.63, 3.8) is 0 Å². The van der Waals surface area contributed by atoms with Crippen molar-refractivity contribution < 1.29 is 0 Å². The Bertz CT molecular complexity index is 584. The molecule has 2 aromatic rings. The summed E-state index contributed by atoms with van der Waals surface area (Å²) in [7, 11) is 0. The zero-order valence-corrected chi connectivity index (χ0v) is 10.6. The molecule has 0 aliphatic heterocycles. The van der Waals surface area contributed by atoms with Crippen molar-refractivity contribution in [1.29, 1.82) is 0 Å². The minimum atomic E-state index is 0.0382. The van der Waals surface area contributed by atoms with Crippen molar-refractivity contribution in [2.75, 3.05) is 0 Å². The first-order chi connectivity index (χ1) is 8.09. The van der Waals surface area contributed by atoms with Gasteiger partial charge in [-0.1, -0.05) is 13.8 Å². The number of hydrogen-bond acceptors (Lipinski definition) is 2. The predicted molar refractivity (Wildman–Crippen MR) is 70.2 cm³/mol. The Morgan fingerprint density at radius 1 is 1.29 bits per heavy atom. The quantitative estimate of drug-likeness (QED) is 0.812. The summed E-state index contributed by atoms with van der Waals surface area (Å²) >= 11 is 0. The Labute approximate surface area is 101 Å². The Morgan fingerprint density at radius 2 is 2.06 bits per heavy atom. The van der Waals surface area contributed by atoms with Gasteiger partial charge in [0.1, 0.15) is 5.65 Å². The molecule has 3 nitrogen and oxygen atoms in total. The SMILES string of the molecule is Cc1ccnc2c1ccc(=O)n2CCC(C)C. The lowest BCUT2D eigenvalue weighted by Crippen LogP contribution is -2.21. The first-order valence-electron chi connectivity index (χ1n) is 6.05. The Hall–Kier alpha value is -1.64. The van der Waals surface area contributed by atoms with Crippen LogP contribution in [0.1, 0.15) is 25.8 Å². The van der Waals surface area contributed by atoms with Gasteiger partial charge in [-0.3, -0.25) is 9.36 Å². The van der Waals surface area contributed by atoms with Crippen LogP contribution in [0.15, 0.2) is 29.2 Å². The van der Waals surface area contributed by atoms with Gasteiger partial charge in [-0.2, -0.15) is 0 Å². The molecule has 2 rings (SSSR count). The molecule has 0 unspecified atom stereocenters. The van der Waals surface area contributed by atoms with Gasteiger partial charge in [0.15, 0.2) is 0 Å². The van der Waals surface area contributed by atoms with E-state index in [1.54, 1.807) is 16.8 Å². The summed E-state index contributed by atoms with van der Waals surface area (Å²) in [4.78, 5) is 16.2. The molecule has 2 aromatic heterocycles. The van der Waals surface area contributed by atoms with Crippen LogP contribution in [-0.4, -0.2) is 9.55 Å².